The van der Waals surface area contributed by atoms with Crippen molar-refractivity contribution in [3.63, 3.8) is 0 Å². The maximum Gasteiger partial charge on any atom is 0.247 e. The number of aromatic nitrogens is 2. The van der Waals surface area contributed by atoms with Crippen molar-refractivity contribution in [2.24, 2.45) is 0 Å². The Hall–Kier alpha value is -2.41. The van der Waals surface area contributed by atoms with E-state index < -0.39 is 5.25 Å². The second kappa shape index (κ2) is 6.60. The molecule has 1 aromatic carbocycles. The molecule has 0 radical (unpaired) electrons. The summed E-state index contributed by atoms with van der Waals surface area (Å²) in [6.45, 7) is 3.76. The number of aryl methyl sites for hydroxylation is 2. The van der Waals surface area contributed by atoms with Crippen molar-refractivity contribution >= 4 is 29.3 Å². The van der Waals surface area contributed by atoms with Crippen molar-refractivity contribution < 1.29 is 14.3 Å². The summed E-state index contributed by atoms with van der Waals surface area (Å²) < 4.78 is 5.16. The van der Waals surface area contributed by atoms with E-state index in [0.717, 1.165) is 11.4 Å². The van der Waals surface area contributed by atoms with Gasteiger partial charge in [0.15, 0.2) is 5.16 Å². The van der Waals surface area contributed by atoms with E-state index in [1.165, 1.54) is 16.7 Å². The Balaban J connectivity index is 1.83. The predicted octanol–water partition coefficient (Wildman–Crippen LogP) is 2.53. The van der Waals surface area contributed by atoms with Gasteiger partial charge >= 0.3 is 0 Å². The molecule has 2 heterocycles. The molecule has 2 aromatic rings. The maximum atomic E-state index is 12.7. The fourth-order valence-electron chi connectivity index (χ4n) is 2.59. The number of thioether (sulfide) groups is 1. The van der Waals surface area contributed by atoms with Crippen LogP contribution < -0.4 is 9.64 Å². The molecular weight excluding hydrogens is 326 g/mol. The van der Waals surface area contributed by atoms with Crippen LogP contribution in [0.3, 0.4) is 0 Å². The van der Waals surface area contributed by atoms with Gasteiger partial charge in [-0.15, -0.1) is 0 Å². The molecule has 0 aliphatic carbocycles. The number of hydrogen-bond donors (Lipinski definition) is 0. The zero-order valence-corrected chi connectivity index (χ0v) is 14.5. The molecule has 0 unspecified atom stereocenters. The van der Waals surface area contributed by atoms with Gasteiger partial charge in [-0.25, -0.2) is 14.9 Å². The van der Waals surface area contributed by atoms with E-state index in [0.29, 0.717) is 16.6 Å². The smallest absolute Gasteiger partial charge is 0.247 e. The molecule has 3 rings (SSSR count). The minimum Gasteiger partial charge on any atom is -0.497 e. The quantitative estimate of drug-likeness (QED) is 0.627. The zero-order valence-electron chi connectivity index (χ0n) is 13.6. The molecule has 1 aliphatic rings. The molecule has 0 N–H and O–H groups in total. The average Bonchev–Trinajstić information content (AvgIpc) is 2.80. The molecule has 0 spiro atoms. The van der Waals surface area contributed by atoms with E-state index in [9.17, 15) is 9.59 Å². The number of amides is 2. The second-order valence-corrected chi connectivity index (χ2v) is 6.68. The van der Waals surface area contributed by atoms with Gasteiger partial charge in [0.2, 0.25) is 11.8 Å². The summed E-state index contributed by atoms with van der Waals surface area (Å²) in [7, 11) is 1.54. The molecule has 1 atom stereocenters. The summed E-state index contributed by atoms with van der Waals surface area (Å²) in [5.41, 5.74) is 2.20. The van der Waals surface area contributed by atoms with Gasteiger partial charge in [0.1, 0.15) is 11.0 Å². The standard InChI is InChI=1S/C17H17N3O3S/c1-10-7-11(2)19-17(18-10)24-14-9-15(21)20(16(14)22)12-5-4-6-13(8-12)23-3/h4-8,14H,9H2,1-3H3/t14-/m1/s1. The van der Waals surface area contributed by atoms with Crippen molar-refractivity contribution in [3.8, 4) is 5.75 Å². The third-order valence-electron chi connectivity index (χ3n) is 3.63. The first-order valence-electron chi connectivity index (χ1n) is 7.47. The number of imide groups is 1. The number of hydrogen-bond acceptors (Lipinski definition) is 6. The van der Waals surface area contributed by atoms with E-state index in [1.807, 2.05) is 19.9 Å². The molecule has 1 aromatic heterocycles. The number of anilines is 1. The van der Waals surface area contributed by atoms with E-state index in [2.05, 4.69) is 9.97 Å². The summed E-state index contributed by atoms with van der Waals surface area (Å²) >= 11 is 1.23. The first-order valence-corrected chi connectivity index (χ1v) is 8.35. The number of rotatable bonds is 4. The Morgan fingerprint density at radius 2 is 1.88 bits per heavy atom. The van der Waals surface area contributed by atoms with Crippen LogP contribution in [-0.4, -0.2) is 34.1 Å². The summed E-state index contributed by atoms with van der Waals surface area (Å²) in [5.74, 6) is 0.123. The predicted molar refractivity (Wildman–Crippen MR) is 91.3 cm³/mol. The Bertz CT molecular complexity index is 789. The highest BCUT2D eigenvalue weighted by molar-refractivity contribution is 8.00. The fourth-order valence-corrected chi connectivity index (χ4v) is 3.67. The topological polar surface area (TPSA) is 72.4 Å². The molecule has 24 heavy (non-hydrogen) atoms. The summed E-state index contributed by atoms with van der Waals surface area (Å²) in [4.78, 5) is 34.9. The van der Waals surface area contributed by atoms with Crippen LogP contribution in [0.2, 0.25) is 0 Å². The van der Waals surface area contributed by atoms with E-state index in [4.69, 9.17) is 4.74 Å². The highest BCUT2D eigenvalue weighted by Gasteiger charge is 2.40. The van der Waals surface area contributed by atoms with E-state index >= 15 is 0 Å². The Labute approximate surface area is 144 Å². The number of ether oxygens (including phenoxy) is 1. The lowest BCUT2D eigenvalue weighted by molar-refractivity contribution is -0.121. The third-order valence-corrected chi connectivity index (χ3v) is 4.67. The molecule has 0 bridgehead atoms. The zero-order chi connectivity index (χ0) is 17.3. The minimum absolute atomic E-state index is 0.136. The second-order valence-electron chi connectivity index (χ2n) is 5.51. The molecule has 124 valence electrons. The maximum absolute atomic E-state index is 12.7. The molecule has 1 aliphatic heterocycles. The summed E-state index contributed by atoms with van der Waals surface area (Å²) in [6, 6.07) is 8.79. The van der Waals surface area contributed by atoms with Gasteiger partial charge in [-0.2, -0.15) is 0 Å². The third kappa shape index (κ3) is 3.26. The highest BCUT2D eigenvalue weighted by atomic mass is 32.2. The van der Waals surface area contributed by atoms with Gasteiger partial charge in [0, 0.05) is 23.9 Å². The van der Waals surface area contributed by atoms with Crippen LogP contribution in [0.15, 0.2) is 35.5 Å². The fraction of sp³-hybridized carbons (Fsp3) is 0.294. The Morgan fingerprint density at radius 3 is 2.54 bits per heavy atom. The first kappa shape index (κ1) is 16.4. The molecule has 2 amide bonds. The summed E-state index contributed by atoms with van der Waals surface area (Å²) in [6.07, 6.45) is 0.136. The van der Waals surface area contributed by atoms with Crippen LogP contribution in [0, 0.1) is 13.8 Å². The molecule has 6 nitrogen and oxygen atoms in total. The van der Waals surface area contributed by atoms with E-state index in [1.54, 1.807) is 31.4 Å². The molecule has 7 heteroatoms. The number of methoxy groups -OCH3 is 1. The van der Waals surface area contributed by atoms with Gasteiger partial charge in [0.25, 0.3) is 0 Å². The lowest BCUT2D eigenvalue weighted by atomic mass is 10.3. The normalized spacial score (nSPS) is 17.5. The number of carbonyl (C=O) groups excluding carboxylic acids is 2. The number of nitrogens with zero attached hydrogens (tertiary/aromatic N) is 3. The SMILES string of the molecule is COc1cccc(N2C(=O)C[C@@H](Sc3nc(C)cc(C)n3)C2=O)c1. The monoisotopic (exact) mass is 343 g/mol. The highest BCUT2D eigenvalue weighted by Crippen LogP contribution is 2.33. The van der Waals surface area contributed by atoms with Gasteiger partial charge in [0.05, 0.1) is 12.8 Å². The van der Waals surface area contributed by atoms with Gasteiger partial charge in [-0.1, -0.05) is 17.8 Å². The number of benzene rings is 1. The van der Waals surface area contributed by atoms with E-state index in [-0.39, 0.29) is 18.2 Å². The lowest BCUT2D eigenvalue weighted by Crippen LogP contribution is -2.31. The van der Waals surface area contributed by atoms with Crippen molar-refractivity contribution in [1.29, 1.82) is 0 Å². The van der Waals surface area contributed by atoms with Crippen LogP contribution in [0.1, 0.15) is 17.8 Å². The van der Waals surface area contributed by atoms with Crippen LogP contribution in [0.25, 0.3) is 0 Å². The molecule has 0 saturated carbocycles. The van der Waals surface area contributed by atoms with Crippen LogP contribution in [0.5, 0.6) is 5.75 Å². The van der Waals surface area contributed by atoms with Crippen molar-refractivity contribution in [1.82, 2.24) is 9.97 Å². The van der Waals surface area contributed by atoms with Crippen molar-refractivity contribution in [2.45, 2.75) is 30.7 Å². The van der Waals surface area contributed by atoms with Crippen LogP contribution in [-0.2, 0) is 9.59 Å². The largest absolute Gasteiger partial charge is 0.497 e. The average molecular weight is 343 g/mol. The summed E-state index contributed by atoms with van der Waals surface area (Å²) in [5, 5.41) is 0.0102. The molecule has 1 fully saturated rings. The molecular formula is C17H17N3O3S. The van der Waals surface area contributed by atoms with Gasteiger partial charge in [-0.3, -0.25) is 9.59 Å². The minimum atomic E-state index is -0.509. The Kier molecular flexibility index (Phi) is 4.53. The first-order chi connectivity index (χ1) is 11.5. The van der Waals surface area contributed by atoms with Crippen LogP contribution >= 0.6 is 11.8 Å². The van der Waals surface area contributed by atoms with Gasteiger partial charge in [-0.05, 0) is 32.0 Å². The van der Waals surface area contributed by atoms with Crippen LogP contribution in [0.4, 0.5) is 5.69 Å². The molecule has 1 saturated heterocycles. The number of carbonyl (C=O) groups is 2. The lowest BCUT2D eigenvalue weighted by Gasteiger charge is -2.15. The van der Waals surface area contributed by atoms with Crippen molar-refractivity contribution in [2.75, 3.05) is 12.0 Å². The Morgan fingerprint density at radius 1 is 1.17 bits per heavy atom. The van der Waals surface area contributed by atoms with Gasteiger partial charge < -0.3 is 4.74 Å². The van der Waals surface area contributed by atoms with Crippen molar-refractivity contribution in [3.05, 3.63) is 41.7 Å².